The van der Waals surface area contributed by atoms with E-state index < -0.39 is 0 Å². The normalized spacial score (nSPS) is 14.8. The predicted molar refractivity (Wildman–Crippen MR) is 42.6 cm³/mol. The van der Waals surface area contributed by atoms with Crippen LogP contribution >= 0.6 is 0 Å². The Labute approximate surface area is 61.2 Å². The van der Waals surface area contributed by atoms with E-state index in [-0.39, 0.29) is 0 Å². The molecule has 1 aromatic carbocycles. The van der Waals surface area contributed by atoms with Crippen LogP contribution < -0.4 is 0 Å². The summed E-state index contributed by atoms with van der Waals surface area (Å²) in [5.41, 5.74) is 2.71. The van der Waals surface area contributed by atoms with Gasteiger partial charge in [0.1, 0.15) is 0 Å². The molecule has 0 aliphatic heterocycles. The SMILES string of the molecule is [c]1cccc2c1CCC=C2. The molecular weight excluding hydrogens is 120 g/mol. The van der Waals surface area contributed by atoms with Crippen molar-refractivity contribution in [3.63, 3.8) is 0 Å². The molecule has 0 nitrogen and oxygen atoms in total. The molecule has 0 fully saturated rings. The summed E-state index contributed by atoms with van der Waals surface area (Å²) in [5, 5.41) is 0. The van der Waals surface area contributed by atoms with Crippen molar-refractivity contribution in [1.29, 1.82) is 0 Å². The highest BCUT2D eigenvalue weighted by molar-refractivity contribution is 5.55. The number of aryl methyl sites for hydroxylation is 1. The Kier molecular flexibility index (Phi) is 1.31. The Hall–Kier alpha value is -1.04. The Morgan fingerprint density at radius 2 is 2.40 bits per heavy atom. The smallest absolute Gasteiger partial charge is 0.0143 e. The molecule has 1 aromatic rings. The molecule has 0 saturated carbocycles. The van der Waals surface area contributed by atoms with Gasteiger partial charge in [0.2, 0.25) is 0 Å². The van der Waals surface area contributed by atoms with Crippen molar-refractivity contribution < 1.29 is 0 Å². The predicted octanol–water partition coefficient (Wildman–Crippen LogP) is 2.45. The van der Waals surface area contributed by atoms with Crippen molar-refractivity contribution in [3.8, 4) is 0 Å². The van der Waals surface area contributed by atoms with E-state index in [4.69, 9.17) is 0 Å². The van der Waals surface area contributed by atoms with Gasteiger partial charge in [-0.15, -0.1) is 0 Å². The van der Waals surface area contributed by atoms with Crippen LogP contribution in [0.5, 0.6) is 0 Å². The van der Waals surface area contributed by atoms with Crippen molar-refractivity contribution in [2.24, 2.45) is 0 Å². The van der Waals surface area contributed by atoms with Crippen LogP contribution in [-0.2, 0) is 6.42 Å². The maximum Gasteiger partial charge on any atom is -0.0143 e. The summed E-state index contributed by atoms with van der Waals surface area (Å²) in [6.45, 7) is 0. The molecule has 0 spiro atoms. The van der Waals surface area contributed by atoms with E-state index >= 15 is 0 Å². The van der Waals surface area contributed by atoms with Crippen molar-refractivity contribution in [2.75, 3.05) is 0 Å². The van der Waals surface area contributed by atoms with E-state index in [2.05, 4.69) is 24.3 Å². The molecule has 0 N–H and O–H groups in total. The molecule has 0 amide bonds. The van der Waals surface area contributed by atoms with Gasteiger partial charge in [0.25, 0.3) is 0 Å². The fourth-order valence-electron chi connectivity index (χ4n) is 1.30. The average Bonchev–Trinajstić information content (AvgIpc) is 2.05. The van der Waals surface area contributed by atoms with Crippen LogP contribution in [0, 0.1) is 6.07 Å². The number of benzene rings is 1. The monoisotopic (exact) mass is 129 g/mol. The number of hydrogen-bond acceptors (Lipinski definition) is 0. The van der Waals surface area contributed by atoms with Gasteiger partial charge < -0.3 is 0 Å². The quantitative estimate of drug-likeness (QED) is 0.504. The molecule has 49 valence electrons. The lowest BCUT2D eigenvalue weighted by Gasteiger charge is -2.07. The summed E-state index contributed by atoms with van der Waals surface area (Å²) in [7, 11) is 0. The molecule has 0 bridgehead atoms. The maximum atomic E-state index is 3.24. The summed E-state index contributed by atoms with van der Waals surface area (Å²) in [4.78, 5) is 0. The minimum Gasteiger partial charge on any atom is -0.0836 e. The molecule has 0 saturated heterocycles. The Balaban J connectivity index is 2.54. The molecule has 0 heterocycles. The van der Waals surface area contributed by atoms with Gasteiger partial charge in [-0.1, -0.05) is 30.4 Å². The Morgan fingerprint density at radius 3 is 3.30 bits per heavy atom. The molecule has 1 radical (unpaired) electrons. The average molecular weight is 129 g/mol. The maximum absolute atomic E-state index is 3.24. The molecule has 0 aromatic heterocycles. The van der Waals surface area contributed by atoms with E-state index in [1.807, 2.05) is 12.1 Å². The van der Waals surface area contributed by atoms with Crippen LogP contribution in [0.2, 0.25) is 0 Å². The van der Waals surface area contributed by atoms with E-state index in [0.29, 0.717) is 0 Å². The van der Waals surface area contributed by atoms with Crippen molar-refractivity contribution in [1.82, 2.24) is 0 Å². The van der Waals surface area contributed by atoms with Gasteiger partial charge in [-0.05, 0) is 30.0 Å². The summed E-state index contributed by atoms with van der Waals surface area (Å²) in [6.07, 6.45) is 6.73. The third-order valence-corrected chi connectivity index (χ3v) is 1.84. The topological polar surface area (TPSA) is 0 Å². The zero-order valence-corrected chi connectivity index (χ0v) is 5.80. The standard InChI is InChI=1S/C10H9/c1-2-6-10-8-4-3-7-9(10)5-1/h1-3,5,7H,4,8H2. The van der Waals surface area contributed by atoms with Gasteiger partial charge in [-0.25, -0.2) is 0 Å². The molecule has 2 rings (SSSR count). The summed E-state index contributed by atoms with van der Waals surface area (Å²) in [5.74, 6) is 0. The van der Waals surface area contributed by atoms with Crippen LogP contribution in [0.15, 0.2) is 24.3 Å². The van der Waals surface area contributed by atoms with E-state index in [0.717, 1.165) is 6.42 Å². The molecule has 0 heteroatoms. The molecule has 0 atom stereocenters. The first-order valence-corrected chi connectivity index (χ1v) is 3.63. The van der Waals surface area contributed by atoms with Gasteiger partial charge >= 0.3 is 0 Å². The highest BCUT2D eigenvalue weighted by atomic mass is 14.1. The highest BCUT2D eigenvalue weighted by Gasteiger charge is 2.00. The number of fused-ring (bicyclic) bond motifs is 1. The second-order valence-corrected chi connectivity index (χ2v) is 2.55. The molecule has 10 heavy (non-hydrogen) atoms. The Morgan fingerprint density at radius 1 is 1.40 bits per heavy atom. The summed E-state index contributed by atoms with van der Waals surface area (Å²) < 4.78 is 0. The van der Waals surface area contributed by atoms with E-state index in [9.17, 15) is 0 Å². The number of hydrogen-bond donors (Lipinski definition) is 0. The van der Waals surface area contributed by atoms with Crippen LogP contribution in [0.4, 0.5) is 0 Å². The van der Waals surface area contributed by atoms with Gasteiger partial charge in [-0.2, -0.15) is 0 Å². The lowest BCUT2D eigenvalue weighted by Crippen LogP contribution is -1.92. The molecule has 1 aliphatic rings. The fourth-order valence-corrected chi connectivity index (χ4v) is 1.30. The second kappa shape index (κ2) is 2.30. The third-order valence-electron chi connectivity index (χ3n) is 1.84. The van der Waals surface area contributed by atoms with Gasteiger partial charge in [0.05, 0.1) is 0 Å². The fraction of sp³-hybridized carbons (Fsp3) is 0.200. The molecule has 0 unspecified atom stereocenters. The Bertz CT molecular complexity index is 258. The summed E-state index contributed by atoms with van der Waals surface area (Å²) in [6, 6.07) is 9.40. The van der Waals surface area contributed by atoms with Gasteiger partial charge in [0, 0.05) is 0 Å². The van der Waals surface area contributed by atoms with Crippen LogP contribution in [0.3, 0.4) is 0 Å². The minimum absolute atomic E-state index is 1.16. The lowest BCUT2D eigenvalue weighted by atomic mass is 9.98. The number of rotatable bonds is 0. The van der Waals surface area contributed by atoms with Crippen LogP contribution in [0.25, 0.3) is 6.08 Å². The molecular formula is C10H9. The van der Waals surface area contributed by atoms with Crippen LogP contribution in [-0.4, -0.2) is 0 Å². The summed E-state index contributed by atoms with van der Waals surface area (Å²) >= 11 is 0. The zero-order valence-electron chi connectivity index (χ0n) is 5.80. The van der Waals surface area contributed by atoms with Crippen LogP contribution in [0.1, 0.15) is 17.5 Å². The van der Waals surface area contributed by atoms with E-state index in [1.54, 1.807) is 0 Å². The highest BCUT2D eigenvalue weighted by Crippen LogP contribution is 2.17. The first-order chi connectivity index (χ1) is 4.97. The van der Waals surface area contributed by atoms with Crippen molar-refractivity contribution >= 4 is 6.08 Å². The number of allylic oxidation sites excluding steroid dienone is 1. The first-order valence-electron chi connectivity index (χ1n) is 3.63. The second-order valence-electron chi connectivity index (χ2n) is 2.55. The molecule has 1 aliphatic carbocycles. The third kappa shape index (κ3) is 0.860. The first kappa shape index (κ1) is 5.72. The van der Waals surface area contributed by atoms with E-state index in [1.165, 1.54) is 17.5 Å². The van der Waals surface area contributed by atoms with Crippen molar-refractivity contribution in [2.45, 2.75) is 12.8 Å². The largest absolute Gasteiger partial charge is 0.0836 e. The van der Waals surface area contributed by atoms with Crippen molar-refractivity contribution in [3.05, 3.63) is 41.5 Å². The minimum atomic E-state index is 1.16. The lowest BCUT2D eigenvalue weighted by molar-refractivity contribution is 0.983. The van der Waals surface area contributed by atoms with Gasteiger partial charge in [-0.3, -0.25) is 0 Å². The van der Waals surface area contributed by atoms with Gasteiger partial charge in [0.15, 0.2) is 0 Å². The zero-order chi connectivity index (χ0) is 6.81.